The molecule has 1 fully saturated rings. The van der Waals surface area contributed by atoms with E-state index in [4.69, 9.17) is 0 Å². The minimum absolute atomic E-state index is 0. The lowest BCUT2D eigenvalue weighted by atomic mass is 10.1. The quantitative estimate of drug-likeness (QED) is 0.295. The Bertz CT molecular complexity index is 733. The van der Waals surface area contributed by atoms with Gasteiger partial charge in [0.15, 0.2) is 5.96 Å². The number of rotatable bonds is 6. The van der Waals surface area contributed by atoms with Gasteiger partial charge >= 0.3 is 0 Å². The van der Waals surface area contributed by atoms with E-state index in [0.717, 1.165) is 54.7 Å². The van der Waals surface area contributed by atoms with E-state index in [1.165, 1.54) is 6.07 Å². The van der Waals surface area contributed by atoms with Crippen LogP contribution in [0.2, 0.25) is 0 Å². The first-order valence-electron chi connectivity index (χ1n) is 9.13. The van der Waals surface area contributed by atoms with Crippen LogP contribution >= 0.6 is 24.0 Å². The van der Waals surface area contributed by atoms with E-state index in [2.05, 4.69) is 20.6 Å². The van der Waals surface area contributed by atoms with Crippen molar-refractivity contribution in [3.05, 3.63) is 35.8 Å². The number of aromatic amines is 1. The molecule has 0 amide bonds. The van der Waals surface area contributed by atoms with E-state index in [-0.39, 0.29) is 41.8 Å². The highest BCUT2D eigenvalue weighted by Gasteiger charge is 2.24. The molecule has 5 nitrogen and oxygen atoms in total. The van der Waals surface area contributed by atoms with E-state index in [1.54, 1.807) is 12.1 Å². The molecule has 2 atom stereocenters. The molecule has 0 radical (unpaired) electrons. The lowest BCUT2D eigenvalue weighted by Crippen LogP contribution is -2.38. The largest absolute Gasteiger partial charge is 0.393 e. The van der Waals surface area contributed by atoms with E-state index in [9.17, 15) is 9.50 Å². The molecule has 0 saturated heterocycles. The summed E-state index contributed by atoms with van der Waals surface area (Å²) in [5.41, 5.74) is 2.04. The monoisotopic (exact) mass is 474 g/mol. The third kappa shape index (κ3) is 5.33. The van der Waals surface area contributed by atoms with E-state index >= 15 is 0 Å². The number of H-pyrrole nitrogens is 1. The number of nitrogens with zero attached hydrogens (tertiary/aromatic N) is 1. The summed E-state index contributed by atoms with van der Waals surface area (Å²) < 4.78 is 13.4. The van der Waals surface area contributed by atoms with Crippen LogP contribution in [0.15, 0.2) is 29.4 Å². The molecular weight excluding hydrogens is 446 g/mol. The second-order valence-corrected chi connectivity index (χ2v) is 6.66. The van der Waals surface area contributed by atoms with Gasteiger partial charge < -0.3 is 20.7 Å². The maximum Gasteiger partial charge on any atom is 0.191 e. The average Bonchev–Trinajstić information content (AvgIpc) is 3.19. The van der Waals surface area contributed by atoms with Gasteiger partial charge in [-0.25, -0.2) is 4.39 Å². The molecule has 1 aliphatic carbocycles. The van der Waals surface area contributed by atoms with Crippen LogP contribution in [0, 0.1) is 11.7 Å². The third-order valence-corrected chi connectivity index (χ3v) is 4.86. The Morgan fingerprint density at radius 1 is 1.35 bits per heavy atom. The zero-order valence-corrected chi connectivity index (χ0v) is 17.4. The van der Waals surface area contributed by atoms with Crippen LogP contribution in [0.3, 0.4) is 0 Å². The SMILES string of the molecule is CCNC(=NCC1CCCC1O)NCCc1c[nH]c2ccc(F)cc12.I. The second-order valence-electron chi connectivity index (χ2n) is 6.66. The topological polar surface area (TPSA) is 72.4 Å². The molecular formula is C19H28FIN4O. The Morgan fingerprint density at radius 3 is 2.92 bits per heavy atom. The van der Waals surface area contributed by atoms with Crippen molar-refractivity contribution in [2.75, 3.05) is 19.6 Å². The average molecular weight is 474 g/mol. The summed E-state index contributed by atoms with van der Waals surface area (Å²) in [5.74, 6) is 0.825. The molecule has 3 rings (SSSR count). The van der Waals surface area contributed by atoms with Gasteiger partial charge in [0, 0.05) is 42.7 Å². The normalized spacial score (nSPS) is 20.2. The van der Waals surface area contributed by atoms with Crippen molar-refractivity contribution in [3.8, 4) is 0 Å². The Morgan fingerprint density at radius 2 is 2.19 bits per heavy atom. The zero-order valence-electron chi connectivity index (χ0n) is 15.1. The van der Waals surface area contributed by atoms with Gasteiger partial charge in [0.2, 0.25) is 0 Å². The molecule has 1 aromatic carbocycles. The van der Waals surface area contributed by atoms with Crippen LogP contribution < -0.4 is 10.6 Å². The lowest BCUT2D eigenvalue weighted by Gasteiger charge is -2.14. The van der Waals surface area contributed by atoms with Crippen LogP contribution in [-0.2, 0) is 6.42 Å². The number of halogens is 2. The summed E-state index contributed by atoms with van der Waals surface area (Å²) in [4.78, 5) is 7.79. The van der Waals surface area contributed by atoms with E-state index < -0.39 is 0 Å². The van der Waals surface area contributed by atoms with Crippen molar-refractivity contribution in [1.29, 1.82) is 0 Å². The van der Waals surface area contributed by atoms with E-state index in [1.807, 2.05) is 13.1 Å². The molecule has 1 saturated carbocycles. The smallest absolute Gasteiger partial charge is 0.191 e. The number of fused-ring (bicyclic) bond motifs is 1. The Balaban J connectivity index is 0.00000243. The summed E-state index contributed by atoms with van der Waals surface area (Å²) in [6, 6.07) is 4.80. The highest BCUT2D eigenvalue weighted by molar-refractivity contribution is 14.0. The second kappa shape index (κ2) is 10.1. The third-order valence-electron chi connectivity index (χ3n) is 4.86. The molecule has 1 aromatic heterocycles. The molecule has 2 aromatic rings. The molecule has 0 aliphatic heterocycles. The summed E-state index contributed by atoms with van der Waals surface area (Å²) in [6.45, 7) is 4.18. The first-order valence-corrected chi connectivity index (χ1v) is 9.13. The van der Waals surface area contributed by atoms with Crippen molar-refractivity contribution >= 4 is 40.8 Å². The van der Waals surface area contributed by atoms with Crippen molar-refractivity contribution in [3.63, 3.8) is 0 Å². The van der Waals surface area contributed by atoms with Crippen molar-refractivity contribution in [2.24, 2.45) is 10.9 Å². The number of hydrogen-bond acceptors (Lipinski definition) is 2. The Labute approximate surface area is 170 Å². The van der Waals surface area contributed by atoms with Crippen LogP contribution in [0.25, 0.3) is 10.9 Å². The molecule has 4 N–H and O–H groups in total. The molecule has 1 aliphatic rings. The van der Waals surface area contributed by atoms with Crippen LogP contribution in [-0.4, -0.2) is 41.8 Å². The maximum absolute atomic E-state index is 13.4. The molecule has 26 heavy (non-hydrogen) atoms. The van der Waals surface area contributed by atoms with Gasteiger partial charge in [0.1, 0.15) is 5.82 Å². The molecule has 144 valence electrons. The minimum atomic E-state index is -0.216. The number of hydrogen-bond donors (Lipinski definition) is 4. The van der Waals surface area contributed by atoms with E-state index in [0.29, 0.717) is 13.1 Å². The number of nitrogens with one attached hydrogen (secondary N) is 3. The molecule has 2 unspecified atom stereocenters. The summed E-state index contributed by atoms with van der Waals surface area (Å²) in [5, 5.41) is 17.4. The van der Waals surface area contributed by atoms with Gasteiger partial charge in [-0.15, -0.1) is 24.0 Å². The first-order chi connectivity index (χ1) is 12.2. The Kier molecular flexibility index (Phi) is 8.15. The maximum atomic E-state index is 13.4. The van der Waals surface area contributed by atoms with Gasteiger partial charge in [-0.1, -0.05) is 6.42 Å². The van der Waals surface area contributed by atoms with Gasteiger partial charge in [-0.05, 0) is 49.9 Å². The van der Waals surface area contributed by atoms with Gasteiger partial charge in [-0.3, -0.25) is 4.99 Å². The Hall–Kier alpha value is -1.35. The highest BCUT2D eigenvalue weighted by atomic mass is 127. The molecule has 1 heterocycles. The van der Waals surface area contributed by atoms with Crippen LogP contribution in [0.5, 0.6) is 0 Å². The van der Waals surface area contributed by atoms with Crippen molar-refractivity contribution < 1.29 is 9.50 Å². The molecule has 0 spiro atoms. The fraction of sp³-hybridized carbons (Fsp3) is 0.526. The number of guanidine groups is 1. The van der Waals surface area contributed by atoms with Gasteiger partial charge in [0.25, 0.3) is 0 Å². The predicted molar refractivity (Wildman–Crippen MR) is 115 cm³/mol. The molecule has 0 bridgehead atoms. The summed E-state index contributed by atoms with van der Waals surface area (Å²) in [6.07, 6.45) is 5.52. The summed E-state index contributed by atoms with van der Waals surface area (Å²) in [7, 11) is 0. The standard InChI is InChI=1S/C19H27FN4O.HI/c1-2-21-19(24-12-14-4-3-5-18(14)25)22-9-8-13-11-23-17-7-6-15(20)10-16(13)17;/h6-7,10-11,14,18,23,25H,2-5,8-9,12H2,1H3,(H2,21,22,24);1H. The zero-order chi connectivity index (χ0) is 17.6. The van der Waals surface area contributed by atoms with Gasteiger partial charge in [-0.2, -0.15) is 0 Å². The van der Waals surface area contributed by atoms with Crippen LogP contribution in [0.1, 0.15) is 31.7 Å². The van der Waals surface area contributed by atoms with Gasteiger partial charge in [0.05, 0.1) is 6.10 Å². The number of benzene rings is 1. The number of aliphatic imine (C=N–C) groups is 1. The number of aromatic nitrogens is 1. The number of aliphatic hydroxyl groups is 1. The van der Waals surface area contributed by atoms with Crippen molar-refractivity contribution in [2.45, 2.75) is 38.7 Å². The first kappa shape index (κ1) is 21.0. The molecule has 7 heteroatoms. The fourth-order valence-electron chi connectivity index (χ4n) is 3.45. The fourth-order valence-corrected chi connectivity index (χ4v) is 3.45. The van der Waals surface area contributed by atoms with Crippen molar-refractivity contribution in [1.82, 2.24) is 15.6 Å². The summed E-state index contributed by atoms with van der Waals surface area (Å²) >= 11 is 0. The lowest BCUT2D eigenvalue weighted by molar-refractivity contribution is 0.136. The predicted octanol–water partition coefficient (Wildman–Crippen LogP) is 3.18. The highest BCUT2D eigenvalue weighted by Crippen LogP contribution is 2.25. The van der Waals surface area contributed by atoms with Crippen LogP contribution in [0.4, 0.5) is 4.39 Å². The number of aliphatic hydroxyl groups excluding tert-OH is 1. The minimum Gasteiger partial charge on any atom is -0.393 e.